The molecule has 2 aliphatic rings. The van der Waals surface area contributed by atoms with E-state index in [1.807, 2.05) is 0 Å². The van der Waals surface area contributed by atoms with Crippen LogP contribution in [-0.4, -0.2) is 0 Å². The first-order valence-electron chi connectivity index (χ1n) is 8.36. The fourth-order valence-electron chi connectivity index (χ4n) is 3.89. The van der Waals surface area contributed by atoms with Crippen molar-refractivity contribution in [1.82, 2.24) is 0 Å². The molecule has 0 amide bonds. The van der Waals surface area contributed by atoms with Gasteiger partial charge in [-0.05, 0) is 36.8 Å². The molecule has 22 heavy (non-hydrogen) atoms. The van der Waals surface area contributed by atoms with Crippen molar-refractivity contribution in [3.63, 3.8) is 0 Å². The summed E-state index contributed by atoms with van der Waals surface area (Å²) in [5, 5.41) is 0. The van der Waals surface area contributed by atoms with E-state index in [4.69, 9.17) is 4.74 Å². The number of hydrogen-bond donors (Lipinski definition) is 0. The summed E-state index contributed by atoms with van der Waals surface area (Å²) in [4.78, 5) is 0. The molecule has 0 saturated carbocycles. The van der Waals surface area contributed by atoms with Crippen LogP contribution in [0.2, 0.25) is 0 Å². The number of rotatable bonds is 2. The van der Waals surface area contributed by atoms with Crippen LogP contribution in [0.25, 0.3) is 0 Å². The molecule has 2 aromatic carbocycles. The number of fused-ring (bicyclic) bond motifs is 1. The van der Waals surface area contributed by atoms with Crippen LogP contribution in [-0.2, 0) is 4.74 Å². The molecule has 1 fully saturated rings. The van der Waals surface area contributed by atoms with Crippen LogP contribution in [0.5, 0.6) is 0 Å². The molecule has 0 bridgehead atoms. The molecule has 1 aliphatic carbocycles. The third-order valence-corrected chi connectivity index (χ3v) is 5.00. The van der Waals surface area contributed by atoms with E-state index in [0.29, 0.717) is 5.92 Å². The summed E-state index contributed by atoms with van der Waals surface area (Å²) in [5.74, 6) is 0.566. The fourth-order valence-corrected chi connectivity index (χ4v) is 3.89. The van der Waals surface area contributed by atoms with Crippen LogP contribution >= 0.6 is 0 Å². The Morgan fingerprint density at radius 2 is 1.50 bits per heavy atom. The van der Waals surface area contributed by atoms with Crippen molar-refractivity contribution in [3.8, 4) is 0 Å². The van der Waals surface area contributed by atoms with Crippen molar-refractivity contribution in [2.45, 2.75) is 37.9 Å². The average molecular weight is 290 g/mol. The van der Waals surface area contributed by atoms with Gasteiger partial charge in [0.1, 0.15) is 0 Å². The summed E-state index contributed by atoms with van der Waals surface area (Å²) in [6, 6.07) is 21.4. The first kappa shape index (κ1) is 13.8. The first-order valence-corrected chi connectivity index (χ1v) is 8.36. The predicted molar refractivity (Wildman–Crippen MR) is 89.5 cm³/mol. The average Bonchev–Trinajstić information content (AvgIpc) is 2.62. The molecule has 4 rings (SSSR count). The maximum absolute atomic E-state index is 6.59. The molecule has 1 nitrogen and oxygen atoms in total. The van der Waals surface area contributed by atoms with Gasteiger partial charge in [0.2, 0.25) is 0 Å². The van der Waals surface area contributed by atoms with Crippen LogP contribution in [0.15, 0.2) is 72.3 Å². The Kier molecular flexibility index (Phi) is 3.82. The largest absolute Gasteiger partial charge is 0.365 e. The molecule has 0 N–H and O–H groups in total. The van der Waals surface area contributed by atoms with Crippen LogP contribution in [0.4, 0.5) is 0 Å². The zero-order chi connectivity index (χ0) is 14.8. The highest BCUT2D eigenvalue weighted by atomic mass is 16.5. The molecule has 0 aromatic heterocycles. The maximum atomic E-state index is 6.59. The normalized spacial score (nSPS) is 27.8. The van der Waals surface area contributed by atoms with Crippen molar-refractivity contribution < 1.29 is 4.74 Å². The SMILES string of the molecule is C1=C2C[C@H](c3ccccc3)O[C@H](c3ccccc3)[C@H]2CCC1. The highest BCUT2D eigenvalue weighted by Crippen LogP contribution is 2.48. The van der Waals surface area contributed by atoms with Crippen molar-refractivity contribution in [2.24, 2.45) is 5.92 Å². The number of allylic oxidation sites excluding steroid dienone is 1. The highest BCUT2D eigenvalue weighted by molar-refractivity contribution is 5.28. The Morgan fingerprint density at radius 3 is 2.23 bits per heavy atom. The molecule has 0 unspecified atom stereocenters. The van der Waals surface area contributed by atoms with E-state index in [9.17, 15) is 0 Å². The summed E-state index contributed by atoms with van der Waals surface area (Å²) in [7, 11) is 0. The van der Waals surface area contributed by atoms with E-state index in [0.717, 1.165) is 6.42 Å². The third-order valence-electron chi connectivity index (χ3n) is 5.00. The Labute approximate surface area is 132 Å². The second-order valence-electron chi connectivity index (χ2n) is 6.39. The summed E-state index contributed by atoms with van der Waals surface area (Å²) >= 11 is 0. The third kappa shape index (κ3) is 2.62. The lowest BCUT2D eigenvalue weighted by Crippen LogP contribution is -2.28. The zero-order valence-corrected chi connectivity index (χ0v) is 12.8. The van der Waals surface area contributed by atoms with Crippen molar-refractivity contribution in [2.75, 3.05) is 0 Å². The molecule has 2 aromatic rings. The monoisotopic (exact) mass is 290 g/mol. The Bertz CT molecular complexity index is 644. The Balaban J connectivity index is 1.69. The van der Waals surface area contributed by atoms with Crippen LogP contribution in [0.3, 0.4) is 0 Å². The minimum absolute atomic E-state index is 0.187. The van der Waals surface area contributed by atoms with Crippen molar-refractivity contribution >= 4 is 0 Å². The van der Waals surface area contributed by atoms with Gasteiger partial charge in [-0.2, -0.15) is 0 Å². The number of hydrogen-bond acceptors (Lipinski definition) is 1. The van der Waals surface area contributed by atoms with Crippen molar-refractivity contribution in [1.29, 1.82) is 0 Å². The van der Waals surface area contributed by atoms with Gasteiger partial charge < -0.3 is 4.74 Å². The summed E-state index contributed by atoms with van der Waals surface area (Å²) in [6.07, 6.45) is 7.69. The lowest BCUT2D eigenvalue weighted by Gasteiger charge is -2.41. The minimum atomic E-state index is 0.187. The topological polar surface area (TPSA) is 9.23 Å². The highest BCUT2D eigenvalue weighted by Gasteiger charge is 2.36. The molecule has 0 spiro atoms. The van der Waals surface area contributed by atoms with Crippen LogP contribution in [0.1, 0.15) is 49.0 Å². The Hall–Kier alpha value is -1.86. The van der Waals surface area contributed by atoms with E-state index in [2.05, 4.69) is 66.7 Å². The fraction of sp³-hybridized carbons (Fsp3) is 0.333. The molecule has 1 heterocycles. The van der Waals surface area contributed by atoms with Crippen LogP contribution < -0.4 is 0 Å². The second-order valence-corrected chi connectivity index (χ2v) is 6.39. The second kappa shape index (κ2) is 6.10. The van der Waals surface area contributed by atoms with Gasteiger partial charge >= 0.3 is 0 Å². The van der Waals surface area contributed by atoms with Gasteiger partial charge in [0.25, 0.3) is 0 Å². The van der Waals surface area contributed by atoms with E-state index >= 15 is 0 Å². The van der Waals surface area contributed by atoms with Gasteiger partial charge in [-0.25, -0.2) is 0 Å². The molecule has 1 aliphatic heterocycles. The quantitative estimate of drug-likeness (QED) is 0.653. The van der Waals surface area contributed by atoms with Gasteiger partial charge in [0, 0.05) is 5.92 Å². The van der Waals surface area contributed by atoms with E-state index < -0.39 is 0 Å². The molecule has 0 radical (unpaired) electrons. The lowest BCUT2D eigenvalue weighted by atomic mass is 9.76. The van der Waals surface area contributed by atoms with Gasteiger partial charge in [-0.3, -0.25) is 0 Å². The van der Waals surface area contributed by atoms with Gasteiger partial charge in [0.15, 0.2) is 0 Å². The standard InChI is InChI=1S/C21H22O/c1-3-9-16(10-4-1)20-15-18-13-7-8-14-19(18)21(22-20)17-11-5-2-6-12-17/h1-6,9-13,19-21H,7-8,14-15H2/t19-,20+,21+/m0/s1. The number of ether oxygens (including phenoxy) is 1. The van der Waals surface area contributed by atoms with Gasteiger partial charge in [0.05, 0.1) is 12.2 Å². The summed E-state index contributed by atoms with van der Waals surface area (Å²) in [6.45, 7) is 0. The molecule has 1 saturated heterocycles. The van der Waals surface area contributed by atoms with Crippen LogP contribution in [0, 0.1) is 5.92 Å². The Morgan fingerprint density at radius 1 is 0.818 bits per heavy atom. The van der Waals surface area contributed by atoms with E-state index in [-0.39, 0.29) is 12.2 Å². The summed E-state index contributed by atoms with van der Waals surface area (Å²) in [5.41, 5.74) is 4.23. The van der Waals surface area contributed by atoms with Gasteiger partial charge in [-0.1, -0.05) is 72.3 Å². The van der Waals surface area contributed by atoms with E-state index in [1.54, 1.807) is 5.57 Å². The zero-order valence-electron chi connectivity index (χ0n) is 12.8. The molecular weight excluding hydrogens is 268 g/mol. The predicted octanol–water partition coefficient (Wildman–Crippen LogP) is 5.62. The molecule has 112 valence electrons. The van der Waals surface area contributed by atoms with Gasteiger partial charge in [-0.15, -0.1) is 0 Å². The van der Waals surface area contributed by atoms with E-state index in [1.165, 1.54) is 30.4 Å². The smallest absolute Gasteiger partial charge is 0.0898 e. The minimum Gasteiger partial charge on any atom is -0.365 e. The molecule has 3 atom stereocenters. The maximum Gasteiger partial charge on any atom is 0.0898 e. The van der Waals surface area contributed by atoms with Crippen molar-refractivity contribution in [3.05, 3.63) is 83.4 Å². The first-order chi connectivity index (χ1) is 10.9. The lowest BCUT2D eigenvalue weighted by molar-refractivity contribution is -0.0680. The molecule has 1 heteroatoms. The molecular formula is C21H22O. The summed E-state index contributed by atoms with van der Waals surface area (Å²) < 4.78 is 6.59. The number of benzene rings is 2.